The number of piperidine rings is 1. The molecule has 5 heteroatoms. The monoisotopic (exact) mass is 234 g/mol. The first-order valence-electron chi connectivity index (χ1n) is 5.76. The van der Waals surface area contributed by atoms with E-state index in [0.717, 1.165) is 37.0 Å². The van der Waals surface area contributed by atoms with Crippen molar-refractivity contribution >= 4 is 11.0 Å². The Hall–Kier alpha value is -1.59. The third kappa shape index (κ3) is 1.99. The lowest BCUT2D eigenvalue weighted by atomic mass is 10.1. The molecule has 92 valence electrons. The van der Waals surface area contributed by atoms with Gasteiger partial charge in [-0.25, -0.2) is 4.79 Å². The van der Waals surface area contributed by atoms with Crippen molar-refractivity contribution in [2.24, 2.45) is 0 Å². The third-order valence-corrected chi connectivity index (χ3v) is 3.30. The van der Waals surface area contributed by atoms with Crippen molar-refractivity contribution in [2.75, 3.05) is 13.1 Å². The van der Waals surface area contributed by atoms with Crippen LogP contribution in [0.1, 0.15) is 18.9 Å². The summed E-state index contributed by atoms with van der Waals surface area (Å²) in [4.78, 5) is 14.8. The van der Waals surface area contributed by atoms with Crippen LogP contribution in [0.2, 0.25) is 0 Å². The van der Waals surface area contributed by atoms with E-state index in [1.807, 2.05) is 28.8 Å². The second-order valence-corrected chi connectivity index (χ2v) is 4.30. The van der Waals surface area contributed by atoms with Gasteiger partial charge in [-0.05, 0) is 38.1 Å². The highest BCUT2D eigenvalue weighted by molar-refractivity contribution is 5.75. The fourth-order valence-corrected chi connectivity index (χ4v) is 2.50. The van der Waals surface area contributed by atoms with E-state index in [1.165, 1.54) is 0 Å². The molecule has 0 aliphatic carbocycles. The number of aromatic amines is 1. The predicted molar refractivity (Wildman–Crippen MR) is 68.7 cm³/mol. The molecule has 5 nitrogen and oxygen atoms in total. The molecular formula is C12H18N4O. The van der Waals surface area contributed by atoms with E-state index in [9.17, 15) is 4.79 Å². The molecular weight excluding hydrogens is 216 g/mol. The van der Waals surface area contributed by atoms with Gasteiger partial charge in [-0.3, -0.25) is 4.57 Å². The van der Waals surface area contributed by atoms with E-state index in [-0.39, 0.29) is 11.8 Å². The number of para-hydroxylation sites is 2. The van der Waals surface area contributed by atoms with Crippen molar-refractivity contribution < 1.29 is 0 Å². The van der Waals surface area contributed by atoms with Gasteiger partial charge in [-0.1, -0.05) is 12.1 Å². The van der Waals surface area contributed by atoms with Gasteiger partial charge in [-0.15, -0.1) is 0 Å². The first kappa shape index (κ1) is 11.9. The summed E-state index contributed by atoms with van der Waals surface area (Å²) >= 11 is 0. The standard InChI is InChI=1S/C12H15N3O.H3N/c16-12-14-10-3-1-2-4-11(10)15(12)9-5-7-13-8-6-9;/h1-4,9,13H,5-8H2,(H,14,16);1H3. The molecule has 2 aromatic rings. The number of nitrogens with zero attached hydrogens (tertiary/aromatic N) is 1. The Labute approximate surface area is 99.4 Å². The summed E-state index contributed by atoms with van der Waals surface area (Å²) in [6.45, 7) is 1.99. The van der Waals surface area contributed by atoms with E-state index in [4.69, 9.17) is 0 Å². The number of fused-ring (bicyclic) bond motifs is 1. The highest BCUT2D eigenvalue weighted by Gasteiger charge is 2.18. The number of aromatic nitrogens is 2. The Morgan fingerprint density at radius 3 is 2.65 bits per heavy atom. The van der Waals surface area contributed by atoms with Crippen LogP contribution in [-0.2, 0) is 0 Å². The number of nitrogens with one attached hydrogen (secondary N) is 2. The molecule has 1 saturated heterocycles. The molecule has 0 bridgehead atoms. The van der Waals surface area contributed by atoms with Crippen LogP contribution in [0.4, 0.5) is 0 Å². The van der Waals surface area contributed by atoms with Crippen LogP contribution in [-0.4, -0.2) is 22.6 Å². The van der Waals surface area contributed by atoms with Gasteiger partial charge in [0.1, 0.15) is 0 Å². The van der Waals surface area contributed by atoms with Crippen LogP contribution in [0.15, 0.2) is 29.1 Å². The molecule has 0 spiro atoms. The molecule has 1 fully saturated rings. The minimum absolute atomic E-state index is 0. The van der Waals surface area contributed by atoms with E-state index < -0.39 is 0 Å². The van der Waals surface area contributed by atoms with E-state index in [2.05, 4.69) is 10.3 Å². The van der Waals surface area contributed by atoms with Crippen molar-refractivity contribution in [1.82, 2.24) is 21.0 Å². The Bertz CT molecular complexity index is 551. The molecule has 0 amide bonds. The van der Waals surface area contributed by atoms with Crippen molar-refractivity contribution in [3.63, 3.8) is 0 Å². The molecule has 0 saturated carbocycles. The Balaban J connectivity index is 0.00000108. The Morgan fingerprint density at radius 2 is 1.88 bits per heavy atom. The molecule has 1 aliphatic heterocycles. The molecule has 0 radical (unpaired) electrons. The van der Waals surface area contributed by atoms with Gasteiger partial charge in [0.05, 0.1) is 11.0 Å². The van der Waals surface area contributed by atoms with Crippen LogP contribution < -0.4 is 17.2 Å². The zero-order valence-corrected chi connectivity index (χ0v) is 9.78. The third-order valence-electron chi connectivity index (χ3n) is 3.30. The van der Waals surface area contributed by atoms with Gasteiger partial charge in [-0.2, -0.15) is 0 Å². The average molecular weight is 234 g/mol. The highest BCUT2D eigenvalue weighted by atomic mass is 16.1. The zero-order chi connectivity index (χ0) is 11.0. The molecule has 0 unspecified atom stereocenters. The second-order valence-electron chi connectivity index (χ2n) is 4.30. The van der Waals surface area contributed by atoms with Crippen molar-refractivity contribution in [3.05, 3.63) is 34.7 Å². The van der Waals surface area contributed by atoms with Gasteiger partial charge in [0.25, 0.3) is 0 Å². The maximum Gasteiger partial charge on any atom is 0.326 e. The topological polar surface area (TPSA) is 84.8 Å². The van der Waals surface area contributed by atoms with Crippen LogP contribution in [0.25, 0.3) is 11.0 Å². The van der Waals surface area contributed by atoms with Gasteiger partial charge in [0, 0.05) is 6.04 Å². The number of benzene rings is 1. The second kappa shape index (κ2) is 4.73. The molecule has 1 aliphatic rings. The quantitative estimate of drug-likeness (QED) is 0.697. The highest BCUT2D eigenvalue weighted by Crippen LogP contribution is 2.21. The normalized spacial score (nSPS) is 16.9. The average Bonchev–Trinajstić information content (AvgIpc) is 2.66. The summed E-state index contributed by atoms with van der Waals surface area (Å²) in [7, 11) is 0. The fraction of sp³-hybridized carbons (Fsp3) is 0.417. The van der Waals surface area contributed by atoms with Gasteiger partial charge >= 0.3 is 5.69 Å². The van der Waals surface area contributed by atoms with Crippen molar-refractivity contribution in [1.29, 1.82) is 0 Å². The molecule has 5 N–H and O–H groups in total. The van der Waals surface area contributed by atoms with E-state index in [0.29, 0.717) is 6.04 Å². The van der Waals surface area contributed by atoms with Gasteiger partial charge in [0.2, 0.25) is 0 Å². The maximum absolute atomic E-state index is 11.9. The van der Waals surface area contributed by atoms with Crippen molar-refractivity contribution in [2.45, 2.75) is 18.9 Å². The Kier molecular flexibility index (Phi) is 3.31. The van der Waals surface area contributed by atoms with E-state index >= 15 is 0 Å². The number of rotatable bonds is 1. The first-order valence-corrected chi connectivity index (χ1v) is 5.76. The first-order chi connectivity index (χ1) is 7.86. The molecule has 17 heavy (non-hydrogen) atoms. The largest absolute Gasteiger partial charge is 0.344 e. The van der Waals surface area contributed by atoms with Crippen LogP contribution >= 0.6 is 0 Å². The summed E-state index contributed by atoms with van der Waals surface area (Å²) in [5.74, 6) is 0. The molecule has 0 atom stereocenters. The number of hydrogen-bond acceptors (Lipinski definition) is 3. The number of hydrogen-bond donors (Lipinski definition) is 3. The van der Waals surface area contributed by atoms with Crippen LogP contribution in [0.5, 0.6) is 0 Å². The van der Waals surface area contributed by atoms with E-state index in [1.54, 1.807) is 0 Å². The zero-order valence-electron chi connectivity index (χ0n) is 9.78. The maximum atomic E-state index is 11.9. The lowest BCUT2D eigenvalue weighted by Crippen LogP contribution is -2.33. The summed E-state index contributed by atoms with van der Waals surface area (Å²) in [5, 5.41) is 3.32. The van der Waals surface area contributed by atoms with Gasteiger partial charge in [0.15, 0.2) is 0 Å². The lowest BCUT2D eigenvalue weighted by Gasteiger charge is -2.23. The fourth-order valence-electron chi connectivity index (χ4n) is 2.50. The summed E-state index contributed by atoms with van der Waals surface area (Å²) in [6, 6.07) is 8.23. The predicted octanol–water partition coefficient (Wildman–Crippen LogP) is 1.42. The molecule has 1 aromatic heterocycles. The van der Waals surface area contributed by atoms with Crippen LogP contribution in [0, 0.1) is 0 Å². The van der Waals surface area contributed by atoms with Crippen LogP contribution in [0.3, 0.4) is 0 Å². The summed E-state index contributed by atoms with van der Waals surface area (Å²) in [5.41, 5.74) is 1.98. The lowest BCUT2D eigenvalue weighted by molar-refractivity contribution is 0.368. The van der Waals surface area contributed by atoms with Crippen molar-refractivity contribution in [3.8, 4) is 0 Å². The molecule has 3 rings (SSSR count). The minimum Gasteiger partial charge on any atom is -0.344 e. The summed E-state index contributed by atoms with van der Waals surface area (Å²) < 4.78 is 1.91. The molecule has 1 aromatic carbocycles. The number of imidazole rings is 1. The van der Waals surface area contributed by atoms with Gasteiger partial charge < -0.3 is 16.5 Å². The Morgan fingerprint density at radius 1 is 1.18 bits per heavy atom. The molecule has 2 heterocycles. The SMILES string of the molecule is N.O=c1[nH]c2ccccc2n1C1CCNCC1. The number of H-pyrrole nitrogens is 1. The summed E-state index contributed by atoms with van der Waals surface area (Å²) in [6.07, 6.45) is 2.06. The minimum atomic E-state index is 0. The smallest absolute Gasteiger partial charge is 0.326 e.